The van der Waals surface area contributed by atoms with E-state index in [2.05, 4.69) is 10.3 Å². The van der Waals surface area contributed by atoms with Crippen LogP contribution < -0.4 is 10.1 Å². The summed E-state index contributed by atoms with van der Waals surface area (Å²) in [6.45, 7) is 1.35. The molecule has 21 heavy (non-hydrogen) atoms. The number of carbonyl (C=O) groups is 1. The number of nitrogens with one attached hydrogen (secondary N) is 1. The summed E-state index contributed by atoms with van der Waals surface area (Å²) in [5.74, 6) is -0.156. The third-order valence-electron chi connectivity index (χ3n) is 3.08. The number of ether oxygens (including phenoxy) is 1. The molecule has 1 aromatic heterocycles. The molecule has 2 rings (SSSR count). The number of methoxy groups -OCH3 is 1. The first-order valence-corrected chi connectivity index (χ1v) is 6.72. The van der Waals surface area contributed by atoms with Crippen LogP contribution in [0.1, 0.15) is 21.7 Å². The fraction of sp³-hybridized carbons (Fsp3) is 0.250. The fourth-order valence-electron chi connectivity index (χ4n) is 1.94. The maximum atomic E-state index is 10.8. The average molecular weight is 286 g/mol. The molecule has 1 aromatic carbocycles. The summed E-state index contributed by atoms with van der Waals surface area (Å²) in [7, 11) is 1.65. The molecule has 0 radical (unpaired) electrons. The van der Waals surface area contributed by atoms with E-state index < -0.39 is 5.97 Å². The number of aromatic carboxylic acids is 1. The summed E-state index contributed by atoms with van der Waals surface area (Å²) in [5.41, 5.74) is 2.02. The van der Waals surface area contributed by atoms with Gasteiger partial charge in [-0.05, 0) is 42.8 Å². The Hall–Kier alpha value is -2.40. The van der Waals surface area contributed by atoms with Crippen LogP contribution in [-0.2, 0) is 13.0 Å². The van der Waals surface area contributed by atoms with Gasteiger partial charge in [-0.3, -0.25) is 0 Å². The number of hydrogen-bond acceptors (Lipinski definition) is 4. The van der Waals surface area contributed by atoms with Gasteiger partial charge in [0, 0.05) is 6.54 Å². The molecule has 1 heterocycles. The summed E-state index contributed by atoms with van der Waals surface area (Å²) in [4.78, 5) is 14.9. The van der Waals surface area contributed by atoms with E-state index in [-0.39, 0.29) is 5.69 Å². The molecule has 0 saturated heterocycles. The van der Waals surface area contributed by atoms with E-state index in [4.69, 9.17) is 9.84 Å². The Kier molecular flexibility index (Phi) is 5.29. The number of nitrogens with zero attached hydrogens (tertiary/aromatic N) is 1. The number of carboxylic acids is 1. The Morgan fingerprint density at radius 2 is 2.00 bits per heavy atom. The summed E-state index contributed by atoms with van der Waals surface area (Å²) >= 11 is 0. The van der Waals surface area contributed by atoms with Gasteiger partial charge in [-0.15, -0.1) is 0 Å². The zero-order valence-corrected chi connectivity index (χ0v) is 11.9. The maximum absolute atomic E-state index is 10.8. The molecule has 0 amide bonds. The van der Waals surface area contributed by atoms with Crippen molar-refractivity contribution in [3.8, 4) is 5.75 Å². The topological polar surface area (TPSA) is 71.5 Å². The van der Waals surface area contributed by atoms with Gasteiger partial charge in [-0.1, -0.05) is 18.2 Å². The summed E-state index contributed by atoms with van der Waals surface area (Å²) in [5, 5.41) is 12.1. The summed E-state index contributed by atoms with van der Waals surface area (Å²) < 4.78 is 5.11. The summed E-state index contributed by atoms with van der Waals surface area (Å²) in [6.07, 6.45) is 0.891. The molecule has 0 saturated carbocycles. The van der Waals surface area contributed by atoms with Crippen molar-refractivity contribution in [1.82, 2.24) is 10.3 Å². The van der Waals surface area contributed by atoms with Gasteiger partial charge in [-0.25, -0.2) is 9.78 Å². The highest BCUT2D eigenvalue weighted by Gasteiger charge is 2.04. The van der Waals surface area contributed by atoms with Crippen molar-refractivity contribution in [3.05, 3.63) is 59.4 Å². The second-order valence-corrected chi connectivity index (χ2v) is 4.59. The maximum Gasteiger partial charge on any atom is 0.354 e. The molecular weight excluding hydrogens is 268 g/mol. The van der Waals surface area contributed by atoms with Crippen LogP contribution in [0.3, 0.4) is 0 Å². The molecule has 110 valence electrons. The van der Waals surface area contributed by atoms with Crippen molar-refractivity contribution in [2.75, 3.05) is 13.7 Å². The van der Waals surface area contributed by atoms with Crippen molar-refractivity contribution < 1.29 is 14.6 Å². The van der Waals surface area contributed by atoms with Crippen LogP contribution >= 0.6 is 0 Å². The van der Waals surface area contributed by atoms with Gasteiger partial charge in [0.1, 0.15) is 11.4 Å². The van der Waals surface area contributed by atoms with Crippen LogP contribution in [0.4, 0.5) is 0 Å². The van der Waals surface area contributed by atoms with E-state index in [1.54, 1.807) is 13.2 Å². The molecule has 2 aromatic rings. The molecule has 0 unspecified atom stereocenters. The Balaban J connectivity index is 1.78. The highest BCUT2D eigenvalue weighted by atomic mass is 16.5. The second kappa shape index (κ2) is 7.40. The minimum absolute atomic E-state index is 0.0736. The lowest BCUT2D eigenvalue weighted by molar-refractivity contribution is 0.0690. The first kappa shape index (κ1) is 15.0. The highest BCUT2D eigenvalue weighted by molar-refractivity contribution is 5.85. The molecule has 0 fully saturated rings. The van der Waals surface area contributed by atoms with Crippen molar-refractivity contribution in [3.63, 3.8) is 0 Å². The van der Waals surface area contributed by atoms with Gasteiger partial charge < -0.3 is 15.2 Å². The molecule has 0 aliphatic heterocycles. The van der Waals surface area contributed by atoms with Crippen LogP contribution in [0.25, 0.3) is 0 Å². The lowest BCUT2D eigenvalue weighted by Crippen LogP contribution is -2.18. The van der Waals surface area contributed by atoms with Crippen LogP contribution in [-0.4, -0.2) is 29.7 Å². The quantitative estimate of drug-likeness (QED) is 0.763. The predicted molar refractivity (Wildman–Crippen MR) is 79.6 cm³/mol. The van der Waals surface area contributed by atoms with Gasteiger partial charge in [0.05, 0.1) is 12.8 Å². The van der Waals surface area contributed by atoms with Gasteiger partial charge >= 0.3 is 5.97 Å². The Bertz CT molecular complexity index is 597. The van der Waals surface area contributed by atoms with E-state index in [0.29, 0.717) is 6.54 Å². The van der Waals surface area contributed by atoms with Gasteiger partial charge in [0.2, 0.25) is 0 Å². The Morgan fingerprint density at radius 1 is 1.24 bits per heavy atom. The third-order valence-corrected chi connectivity index (χ3v) is 3.08. The monoisotopic (exact) mass is 286 g/mol. The number of carboxylic acid groups (broad SMARTS) is 1. The first-order chi connectivity index (χ1) is 10.2. The van der Waals surface area contributed by atoms with Gasteiger partial charge in [0.15, 0.2) is 0 Å². The van der Waals surface area contributed by atoms with Gasteiger partial charge in [0.25, 0.3) is 0 Å². The number of aromatic nitrogens is 1. The van der Waals surface area contributed by atoms with Crippen LogP contribution in [0.5, 0.6) is 5.75 Å². The smallest absolute Gasteiger partial charge is 0.354 e. The van der Waals surface area contributed by atoms with Crippen LogP contribution in [0.2, 0.25) is 0 Å². The minimum atomic E-state index is -1.00. The molecule has 5 heteroatoms. The van der Waals surface area contributed by atoms with E-state index in [1.807, 2.05) is 30.3 Å². The minimum Gasteiger partial charge on any atom is -0.497 e. The SMILES string of the molecule is COc1ccc(CCNCc2cccc(C(=O)O)n2)cc1. The van der Waals surface area contributed by atoms with Crippen molar-refractivity contribution in [1.29, 1.82) is 0 Å². The number of rotatable bonds is 7. The molecule has 0 spiro atoms. The summed E-state index contributed by atoms with van der Waals surface area (Å²) in [6, 6.07) is 12.9. The molecule has 0 atom stereocenters. The Labute approximate surface area is 123 Å². The number of benzene rings is 1. The largest absolute Gasteiger partial charge is 0.497 e. The fourth-order valence-corrected chi connectivity index (χ4v) is 1.94. The first-order valence-electron chi connectivity index (χ1n) is 6.72. The lowest BCUT2D eigenvalue weighted by Gasteiger charge is -2.06. The molecule has 2 N–H and O–H groups in total. The lowest BCUT2D eigenvalue weighted by atomic mass is 10.1. The number of hydrogen-bond donors (Lipinski definition) is 2. The van der Waals surface area contributed by atoms with E-state index >= 15 is 0 Å². The zero-order chi connectivity index (χ0) is 15.1. The second-order valence-electron chi connectivity index (χ2n) is 4.59. The molecule has 0 bridgehead atoms. The number of pyridine rings is 1. The van der Waals surface area contributed by atoms with Crippen molar-refractivity contribution in [2.24, 2.45) is 0 Å². The normalized spacial score (nSPS) is 10.3. The van der Waals surface area contributed by atoms with Crippen molar-refractivity contribution >= 4 is 5.97 Å². The van der Waals surface area contributed by atoms with Crippen LogP contribution in [0.15, 0.2) is 42.5 Å². The predicted octanol–water partition coefficient (Wildman–Crippen LogP) is 2.12. The molecule has 0 aliphatic rings. The third kappa shape index (κ3) is 4.57. The average Bonchev–Trinajstić information content (AvgIpc) is 2.52. The van der Waals surface area contributed by atoms with E-state index in [0.717, 1.165) is 24.4 Å². The molecule has 5 nitrogen and oxygen atoms in total. The molecule has 0 aliphatic carbocycles. The molecular formula is C16H18N2O3. The van der Waals surface area contributed by atoms with E-state index in [1.165, 1.54) is 11.6 Å². The Morgan fingerprint density at radius 3 is 2.67 bits per heavy atom. The standard InChI is InChI=1S/C16H18N2O3/c1-21-14-7-5-12(6-8-14)9-10-17-11-13-3-2-4-15(18-13)16(19)20/h2-8,17H,9-11H2,1H3,(H,19,20). The highest BCUT2D eigenvalue weighted by Crippen LogP contribution is 2.11. The zero-order valence-electron chi connectivity index (χ0n) is 11.9. The van der Waals surface area contributed by atoms with Crippen LogP contribution in [0, 0.1) is 0 Å². The van der Waals surface area contributed by atoms with Gasteiger partial charge in [-0.2, -0.15) is 0 Å². The van der Waals surface area contributed by atoms with E-state index in [9.17, 15) is 4.79 Å². The van der Waals surface area contributed by atoms with Crippen molar-refractivity contribution in [2.45, 2.75) is 13.0 Å².